The Labute approximate surface area is 111 Å². The van der Waals surface area contributed by atoms with E-state index in [0.29, 0.717) is 6.54 Å². The fourth-order valence-corrected chi connectivity index (χ4v) is 2.48. The molecule has 0 saturated heterocycles. The summed E-state index contributed by atoms with van der Waals surface area (Å²) in [6.07, 6.45) is 6.57. The normalized spacial score (nSPS) is 25.8. The molecule has 0 bridgehead atoms. The first kappa shape index (κ1) is 16.7. The second-order valence-corrected chi connectivity index (χ2v) is 5.24. The van der Waals surface area contributed by atoms with Crippen LogP contribution in [0.25, 0.3) is 0 Å². The summed E-state index contributed by atoms with van der Waals surface area (Å²) < 4.78 is 0. The van der Waals surface area contributed by atoms with E-state index in [0.717, 1.165) is 24.8 Å². The molecule has 3 unspecified atom stereocenters. The van der Waals surface area contributed by atoms with Crippen molar-refractivity contribution in [3.05, 3.63) is 0 Å². The van der Waals surface area contributed by atoms with Gasteiger partial charge >= 0.3 is 0 Å². The molecule has 0 aromatic carbocycles. The highest BCUT2D eigenvalue weighted by Crippen LogP contribution is 2.31. The molecule has 1 amide bonds. The molecule has 4 heteroatoms. The van der Waals surface area contributed by atoms with Crippen molar-refractivity contribution in [1.29, 1.82) is 0 Å². The van der Waals surface area contributed by atoms with Crippen LogP contribution in [0.5, 0.6) is 0 Å². The van der Waals surface area contributed by atoms with Crippen molar-refractivity contribution in [2.45, 2.75) is 46.0 Å². The molecule has 0 aromatic rings. The van der Waals surface area contributed by atoms with E-state index in [-0.39, 0.29) is 24.2 Å². The summed E-state index contributed by atoms with van der Waals surface area (Å²) in [6, 6.07) is 0. The molecule has 1 fully saturated rings. The predicted octanol–water partition coefficient (Wildman–Crippen LogP) is 2.34. The maximum Gasteiger partial charge on any atom is 0.224 e. The van der Waals surface area contributed by atoms with Crippen LogP contribution < -0.4 is 11.1 Å². The Morgan fingerprint density at radius 1 is 1.41 bits per heavy atom. The quantitative estimate of drug-likeness (QED) is 0.799. The van der Waals surface area contributed by atoms with E-state index >= 15 is 0 Å². The van der Waals surface area contributed by atoms with Crippen LogP contribution in [0.3, 0.4) is 0 Å². The third kappa shape index (κ3) is 5.73. The highest BCUT2D eigenvalue weighted by atomic mass is 35.5. The topological polar surface area (TPSA) is 55.1 Å². The highest BCUT2D eigenvalue weighted by Gasteiger charge is 2.21. The standard InChI is InChI=1S/C13H26N2O.ClH/c1-10-5-3-4-6-12(10)7-8-15-13(16)11(2)9-14;/h10-12H,3-9,14H2,1-2H3,(H,15,16);1H. The monoisotopic (exact) mass is 262 g/mol. The van der Waals surface area contributed by atoms with Gasteiger partial charge in [0.05, 0.1) is 0 Å². The number of carbonyl (C=O) groups excluding carboxylic acids is 1. The minimum atomic E-state index is -0.0521. The number of carbonyl (C=O) groups is 1. The number of nitrogens with one attached hydrogen (secondary N) is 1. The van der Waals surface area contributed by atoms with E-state index in [2.05, 4.69) is 12.2 Å². The first-order chi connectivity index (χ1) is 7.65. The van der Waals surface area contributed by atoms with E-state index in [1.54, 1.807) is 0 Å². The molecule has 0 heterocycles. The SMILES string of the molecule is CC(CN)C(=O)NCCC1CCCCC1C.Cl. The van der Waals surface area contributed by atoms with Crippen LogP contribution in [-0.2, 0) is 4.79 Å². The zero-order valence-electron chi connectivity index (χ0n) is 11.1. The Hall–Kier alpha value is -0.280. The Kier molecular flexibility index (Phi) is 8.61. The van der Waals surface area contributed by atoms with Gasteiger partial charge in [-0.05, 0) is 18.3 Å². The lowest BCUT2D eigenvalue weighted by molar-refractivity contribution is -0.124. The van der Waals surface area contributed by atoms with Crippen LogP contribution >= 0.6 is 12.4 Å². The molecule has 3 N–H and O–H groups in total. The van der Waals surface area contributed by atoms with Gasteiger partial charge in [0.25, 0.3) is 0 Å². The van der Waals surface area contributed by atoms with Crippen molar-refractivity contribution in [3.8, 4) is 0 Å². The van der Waals surface area contributed by atoms with Crippen molar-refractivity contribution in [3.63, 3.8) is 0 Å². The first-order valence-electron chi connectivity index (χ1n) is 6.63. The van der Waals surface area contributed by atoms with E-state index in [9.17, 15) is 4.79 Å². The average Bonchev–Trinajstić information content (AvgIpc) is 2.30. The summed E-state index contributed by atoms with van der Waals surface area (Å²) in [6.45, 7) is 5.47. The van der Waals surface area contributed by atoms with Crippen LogP contribution in [0.1, 0.15) is 46.0 Å². The van der Waals surface area contributed by atoms with Gasteiger partial charge < -0.3 is 11.1 Å². The maximum absolute atomic E-state index is 11.5. The molecule has 17 heavy (non-hydrogen) atoms. The molecule has 3 atom stereocenters. The van der Waals surface area contributed by atoms with Gasteiger partial charge in [0.2, 0.25) is 5.91 Å². The molecule has 0 radical (unpaired) electrons. The van der Waals surface area contributed by atoms with Gasteiger partial charge in [-0.3, -0.25) is 4.79 Å². The van der Waals surface area contributed by atoms with Crippen LogP contribution in [-0.4, -0.2) is 19.0 Å². The molecule has 0 aromatic heterocycles. The van der Waals surface area contributed by atoms with Crippen LogP contribution in [0.2, 0.25) is 0 Å². The third-order valence-corrected chi connectivity index (χ3v) is 3.90. The summed E-state index contributed by atoms with van der Waals surface area (Å²) >= 11 is 0. The summed E-state index contributed by atoms with van der Waals surface area (Å²) in [5.74, 6) is 1.69. The Morgan fingerprint density at radius 2 is 2.06 bits per heavy atom. The van der Waals surface area contributed by atoms with Gasteiger partial charge in [-0.25, -0.2) is 0 Å². The Bertz CT molecular complexity index is 223. The van der Waals surface area contributed by atoms with Crippen molar-refractivity contribution >= 4 is 18.3 Å². The van der Waals surface area contributed by atoms with Gasteiger partial charge in [-0.2, -0.15) is 0 Å². The number of hydrogen-bond donors (Lipinski definition) is 2. The minimum Gasteiger partial charge on any atom is -0.356 e. The van der Waals surface area contributed by atoms with Crippen molar-refractivity contribution < 1.29 is 4.79 Å². The molecular formula is C13H27ClN2O. The number of nitrogens with two attached hydrogens (primary N) is 1. The largest absolute Gasteiger partial charge is 0.356 e. The van der Waals surface area contributed by atoms with Gasteiger partial charge in [-0.15, -0.1) is 12.4 Å². The second kappa shape index (κ2) is 8.76. The fraction of sp³-hybridized carbons (Fsp3) is 0.923. The van der Waals surface area contributed by atoms with Crippen molar-refractivity contribution in [2.75, 3.05) is 13.1 Å². The van der Waals surface area contributed by atoms with E-state index in [4.69, 9.17) is 5.73 Å². The van der Waals surface area contributed by atoms with Gasteiger partial charge in [-0.1, -0.05) is 39.5 Å². The zero-order chi connectivity index (χ0) is 12.0. The van der Waals surface area contributed by atoms with Gasteiger partial charge in [0, 0.05) is 19.0 Å². The van der Waals surface area contributed by atoms with Crippen LogP contribution in [0, 0.1) is 17.8 Å². The fourth-order valence-electron chi connectivity index (χ4n) is 2.48. The smallest absolute Gasteiger partial charge is 0.224 e. The number of amides is 1. The molecule has 1 rings (SSSR count). The molecule has 3 nitrogen and oxygen atoms in total. The van der Waals surface area contributed by atoms with Crippen molar-refractivity contribution in [2.24, 2.45) is 23.5 Å². The zero-order valence-corrected chi connectivity index (χ0v) is 11.9. The predicted molar refractivity (Wildman–Crippen MR) is 74.2 cm³/mol. The maximum atomic E-state index is 11.5. The molecule has 0 spiro atoms. The molecular weight excluding hydrogens is 236 g/mol. The highest BCUT2D eigenvalue weighted by molar-refractivity contribution is 5.85. The second-order valence-electron chi connectivity index (χ2n) is 5.24. The summed E-state index contributed by atoms with van der Waals surface area (Å²) in [5, 5.41) is 2.98. The Balaban J connectivity index is 0.00000256. The lowest BCUT2D eigenvalue weighted by Crippen LogP contribution is -2.35. The molecule has 1 aliphatic carbocycles. The molecule has 0 aliphatic heterocycles. The number of hydrogen-bond acceptors (Lipinski definition) is 2. The lowest BCUT2D eigenvalue weighted by atomic mass is 9.79. The van der Waals surface area contributed by atoms with E-state index in [1.165, 1.54) is 25.7 Å². The molecule has 102 valence electrons. The van der Waals surface area contributed by atoms with Crippen molar-refractivity contribution in [1.82, 2.24) is 5.32 Å². The number of halogens is 1. The lowest BCUT2D eigenvalue weighted by Gasteiger charge is -2.28. The van der Waals surface area contributed by atoms with E-state index in [1.807, 2.05) is 6.92 Å². The molecule has 1 aliphatic rings. The summed E-state index contributed by atoms with van der Waals surface area (Å²) in [7, 11) is 0. The Morgan fingerprint density at radius 3 is 2.65 bits per heavy atom. The van der Waals surface area contributed by atoms with Gasteiger partial charge in [0.1, 0.15) is 0 Å². The average molecular weight is 263 g/mol. The minimum absolute atomic E-state index is 0. The van der Waals surface area contributed by atoms with Crippen LogP contribution in [0.15, 0.2) is 0 Å². The van der Waals surface area contributed by atoms with Gasteiger partial charge in [0.15, 0.2) is 0 Å². The summed E-state index contributed by atoms with van der Waals surface area (Å²) in [4.78, 5) is 11.5. The van der Waals surface area contributed by atoms with E-state index < -0.39 is 0 Å². The molecule has 1 saturated carbocycles. The summed E-state index contributed by atoms with van der Waals surface area (Å²) in [5.41, 5.74) is 5.45. The number of rotatable bonds is 5. The first-order valence-corrected chi connectivity index (χ1v) is 6.63. The van der Waals surface area contributed by atoms with Crippen LogP contribution in [0.4, 0.5) is 0 Å². The third-order valence-electron chi connectivity index (χ3n) is 3.90.